The molecule has 0 spiro atoms. The molecule has 0 bridgehead atoms. The van der Waals surface area contributed by atoms with E-state index in [1.807, 2.05) is 0 Å². The third-order valence-corrected chi connectivity index (χ3v) is 16.1. The summed E-state index contributed by atoms with van der Waals surface area (Å²) in [6, 6.07) is 0.917. The highest BCUT2D eigenvalue weighted by molar-refractivity contribution is 7.28. The van der Waals surface area contributed by atoms with Crippen LogP contribution in [0.3, 0.4) is 0 Å². The summed E-state index contributed by atoms with van der Waals surface area (Å²) < 4.78 is 4.77. The van der Waals surface area contributed by atoms with E-state index in [0.29, 0.717) is 6.61 Å². The van der Waals surface area contributed by atoms with Gasteiger partial charge in [-0.05, 0) is 22.2 Å². The van der Waals surface area contributed by atoms with Gasteiger partial charge < -0.3 is 9.53 Å². The average molecular weight is 220 g/mol. The van der Waals surface area contributed by atoms with Crippen molar-refractivity contribution in [2.75, 3.05) is 6.61 Å². The molecule has 0 aromatic carbocycles. The first-order valence-electron chi connectivity index (χ1n) is 4.18. The zero-order valence-electron chi connectivity index (χ0n) is 7.45. The van der Waals surface area contributed by atoms with Crippen LogP contribution < -0.4 is 0 Å². The Balaban J connectivity index is 3.21. The highest BCUT2D eigenvalue weighted by atomic mass is 29.5. The standard InChI is InChI=1S/C6H16O3Si3/c1-2-6(7)9-4-3-5-12(8)11-10/h2,8,12H,1,3-5,11H2,10H3. The summed E-state index contributed by atoms with van der Waals surface area (Å²) in [6.45, 7) is 3.72. The molecule has 0 aromatic heterocycles. The van der Waals surface area contributed by atoms with Gasteiger partial charge in [-0.2, -0.15) is 0 Å². The lowest BCUT2D eigenvalue weighted by Crippen LogP contribution is -2.22. The van der Waals surface area contributed by atoms with E-state index in [-0.39, 0.29) is 14.5 Å². The molecule has 1 atom stereocenters. The topological polar surface area (TPSA) is 46.5 Å². The van der Waals surface area contributed by atoms with Crippen molar-refractivity contribution >= 4 is 32.8 Å². The Bertz CT molecular complexity index is 151. The molecule has 12 heavy (non-hydrogen) atoms. The molecule has 1 N–H and O–H groups in total. The van der Waals surface area contributed by atoms with Gasteiger partial charge >= 0.3 is 5.97 Å². The van der Waals surface area contributed by atoms with Gasteiger partial charge in [-0.25, -0.2) is 4.79 Å². The summed E-state index contributed by atoms with van der Waals surface area (Å²) in [6.07, 6.45) is 1.98. The molecule has 0 rings (SSSR count). The number of carbonyl (C=O) groups excluding carboxylic acids is 1. The normalized spacial score (nSPS) is 13.4. The summed E-state index contributed by atoms with van der Waals surface area (Å²) in [5.41, 5.74) is 0. The van der Waals surface area contributed by atoms with Crippen LogP contribution in [-0.2, 0) is 9.53 Å². The maximum Gasteiger partial charge on any atom is 0.330 e. The molecular weight excluding hydrogens is 204 g/mol. The third kappa shape index (κ3) is 6.53. The molecule has 0 saturated heterocycles. The fraction of sp³-hybridized carbons (Fsp3) is 0.500. The molecule has 0 aromatic rings. The number of rotatable bonds is 6. The van der Waals surface area contributed by atoms with Crippen LogP contribution in [0.5, 0.6) is 0 Å². The van der Waals surface area contributed by atoms with Crippen LogP contribution in [0, 0.1) is 0 Å². The number of esters is 1. The second-order valence-electron chi connectivity index (χ2n) is 2.58. The van der Waals surface area contributed by atoms with E-state index in [9.17, 15) is 9.59 Å². The van der Waals surface area contributed by atoms with Gasteiger partial charge in [0.15, 0.2) is 0 Å². The van der Waals surface area contributed by atoms with Crippen LogP contribution in [0.25, 0.3) is 0 Å². The SMILES string of the molecule is C=CC(=O)OCCC[SiH](O)[SiH2][SiH3]. The van der Waals surface area contributed by atoms with Crippen molar-refractivity contribution in [2.24, 2.45) is 0 Å². The zero-order chi connectivity index (χ0) is 9.40. The van der Waals surface area contributed by atoms with Gasteiger partial charge in [-0.15, -0.1) is 0 Å². The van der Waals surface area contributed by atoms with Gasteiger partial charge in [-0.1, -0.05) is 6.58 Å². The predicted molar refractivity (Wildman–Crippen MR) is 58.4 cm³/mol. The Morgan fingerprint density at radius 2 is 2.50 bits per heavy atom. The van der Waals surface area contributed by atoms with Crippen molar-refractivity contribution in [1.82, 2.24) is 0 Å². The Labute approximate surface area is 79.4 Å². The molecule has 0 radical (unpaired) electrons. The Morgan fingerprint density at radius 1 is 1.83 bits per heavy atom. The van der Waals surface area contributed by atoms with Gasteiger partial charge in [0.05, 0.1) is 6.61 Å². The van der Waals surface area contributed by atoms with Crippen LogP contribution in [-0.4, -0.2) is 44.2 Å². The van der Waals surface area contributed by atoms with Crippen molar-refractivity contribution < 1.29 is 14.3 Å². The molecule has 0 saturated carbocycles. The first kappa shape index (κ1) is 11.8. The van der Waals surface area contributed by atoms with E-state index in [0.717, 1.165) is 18.5 Å². The Kier molecular flexibility index (Phi) is 7.36. The number of hydrogen-bond acceptors (Lipinski definition) is 3. The molecule has 0 aliphatic heterocycles. The van der Waals surface area contributed by atoms with Crippen LogP contribution in [0.4, 0.5) is 0 Å². The van der Waals surface area contributed by atoms with Crippen molar-refractivity contribution in [3.8, 4) is 0 Å². The van der Waals surface area contributed by atoms with Crippen molar-refractivity contribution in [1.29, 1.82) is 0 Å². The molecule has 0 heterocycles. The first-order chi connectivity index (χ1) is 5.70. The van der Waals surface area contributed by atoms with Crippen LogP contribution in [0.2, 0.25) is 6.04 Å². The summed E-state index contributed by atoms with van der Waals surface area (Å²) in [5.74, 6) is -0.366. The second-order valence-corrected chi connectivity index (χ2v) is 17.9. The van der Waals surface area contributed by atoms with E-state index in [2.05, 4.69) is 6.58 Å². The molecule has 1 unspecified atom stereocenters. The fourth-order valence-electron chi connectivity index (χ4n) is 0.755. The molecule has 0 aliphatic carbocycles. The molecule has 6 heteroatoms. The van der Waals surface area contributed by atoms with Gasteiger partial charge in [0.2, 0.25) is 0 Å². The van der Waals surface area contributed by atoms with Crippen LogP contribution in [0.15, 0.2) is 12.7 Å². The minimum Gasteiger partial charge on any atom is -0.463 e. The summed E-state index contributed by atoms with van der Waals surface area (Å²) in [7, 11) is -0.0961. The highest BCUT2D eigenvalue weighted by Crippen LogP contribution is 1.94. The van der Waals surface area contributed by atoms with E-state index in [4.69, 9.17) is 4.74 Å². The largest absolute Gasteiger partial charge is 0.463 e. The summed E-state index contributed by atoms with van der Waals surface area (Å²) >= 11 is 0. The lowest BCUT2D eigenvalue weighted by atomic mass is 10.5. The zero-order valence-corrected chi connectivity index (χ0v) is 12.0. The molecule has 0 amide bonds. The summed E-state index contributed by atoms with van der Waals surface area (Å²) in [5, 5.41) is 0. The number of hydrogen-bond donors (Lipinski definition) is 1. The third-order valence-electron chi connectivity index (χ3n) is 1.56. The molecular formula is C6H16O3Si3. The Hall–Kier alpha value is -0.179. The average Bonchev–Trinajstić information content (AvgIpc) is 2.11. The van der Waals surface area contributed by atoms with Gasteiger partial charge in [0.25, 0.3) is 0 Å². The van der Waals surface area contributed by atoms with Gasteiger partial charge in [0.1, 0.15) is 8.56 Å². The smallest absolute Gasteiger partial charge is 0.330 e. The van der Waals surface area contributed by atoms with Crippen molar-refractivity contribution in [2.45, 2.75) is 12.5 Å². The lowest BCUT2D eigenvalue weighted by Gasteiger charge is -2.04. The number of carbonyl (C=O) groups is 1. The van der Waals surface area contributed by atoms with Crippen LogP contribution in [0.1, 0.15) is 6.42 Å². The monoisotopic (exact) mass is 220 g/mol. The van der Waals surface area contributed by atoms with E-state index in [1.54, 1.807) is 0 Å². The minimum atomic E-state index is -1.27. The van der Waals surface area contributed by atoms with E-state index in [1.165, 1.54) is 9.76 Å². The molecule has 0 fully saturated rings. The predicted octanol–water partition coefficient (Wildman–Crippen LogP) is -2.23. The maximum absolute atomic E-state index is 10.6. The summed E-state index contributed by atoms with van der Waals surface area (Å²) in [4.78, 5) is 19.9. The lowest BCUT2D eigenvalue weighted by molar-refractivity contribution is -0.137. The first-order valence-corrected chi connectivity index (χ1v) is 14.4. The fourth-order valence-corrected chi connectivity index (χ4v) is 7.57. The molecule has 70 valence electrons. The highest BCUT2D eigenvalue weighted by Gasteiger charge is 2.03. The molecule has 3 nitrogen and oxygen atoms in total. The molecule has 0 aliphatic rings. The van der Waals surface area contributed by atoms with Crippen molar-refractivity contribution in [3.05, 3.63) is 12.7 Å². The minimum absolute atomic E-state index is 0.0415. The van der Waals surface area contributed by atoms with Gasteiger partial charge in [-0.3, -0.25) is 0 Å². The van der Waals surface area contributed by atoms with E-state index < -0.39 is 8.56 Å². The van der Waals surface area contributed by atoms with Gasteiger partial charge in [0, 0.05) is 14.6 Å². The number of ether oxygens (including phenoxy) is 1. The maximum atomic E-state index is 10.6. The van der Waals surface area contributed by atoms with Crippen LogP contribution >= 0.6 is 0 Å². The van der Waals surface area contributed by atoms with Crippen molar-refractivity contribution in [3.63, 3.8) is 0 Å². The Morgan fingerprint density at radius 3 is 3.00 bits per heavy atom. The second kappa shape index (κ2) is 7.47. The van der Waals surface area contributed by atoms with E-state index >= 15 is 0 Å². The quantitative estimate of drug-likeness (QED) is 0.238.